The number of amides is 2. The van der Waals surface area contributed by atoms with Gasteiger partial charge in [0.15, 0.2) is 6.10 Å². The smallest absolute Gasteiger partial charge is 0.265 e. The van der Waals surface area contributed by atoms with E-state index in [0.29, 0.717) is 18.6 Å². The molecule has 0 bridgehead atoms. The van der Waals surface area contributed by atoms with Crippen molar-refractivity contribution in [1.29, 1.82) is 0 Å². The highest BCUT2D eigenvalue weighted by Crippen LogP contribution is 2.32. The van der Waals surface area contributed by atoms with E-state index in [0.717, 1.165) is 4.88 Å². The first-order valence-corrected chi connectivity index (χ1v) is 10.4. The van der Waals surface area contributed by atoms with Gasteiger partial charge in [-0.3, -0.25) is 9.59 Å². The average molecular weight is 394 g/mol. The highest BCUT2D eigenvalue weighted by molar-refractivity contribution is 7.90. The van der Waals surface area contributed by atoms with Crippen LogP contribution in [-0.2, 0) is 26.0 Å². The summed E-state index contributed by atoms with van der Waals surface area (Å²) in [5.74, 6) is -0.503. The normalized spacial score (nSPS) is 16.3. The highest BCUT2D eigenvalue weighted by Gasteiger charge is 2.28. The minimum Gasteiger partial charge on any atom is -0.478 e. The van der Waals surface area contributed by atoms with Crippen LogP contribution in [0.3, 0.4) is 0 Å². The summed E-state index contributed by atoms with van der Waals surface area (Å²) >= 11 is 1.51. The summed E-state index contributed by atoms with van der Waals surface area (Å²) in [6.07, 6.45) is 0.460. The van der Waals surface area contributed by atoms with E-state index in [9.17, 15) is 18.0 Å². The van der Waals surface area contributed by atoms with Crippen molar-refractivity contribution in [1.82, 2.24) is 4.72 Å². The molecule has 0 fully saturated rings. The average Bonchev–Trinajstić information content (AvgIpc) is 3.12. The molecule has 1 aliphatic rings. The fourth-order valence-corrected chi connectivity index (χ4v) is 4.27. The van der Waals surface area contributed by atoms with Gasteiger partial charge in [0.1, 0.15) is 5.75 Å². The Morgan fingerprint density at radius 1 is 1.35 bits per heavy atom. The van der Waals surface area contributed by atoms with Gasteiger partial charge in [0.05, 0.1) is 10.6 Å². The zero-order chi connectivity index (χ0) is 18.7. The van der Waals surface area contributed by atoms with Crippen LogP contribution in [0.4, 0.5) is 5.69 Å². The number of benzene rings is 1. The minimum absolute atomic E-state index is 0.0721. The molecule has 1 aromatic carbocycles. The molecule has 1 atom stereocenters. The van der Waals surface area contributed by atoms with Crippen LogP contribution in [0.2, 0.25) is 0 Å². The summed E-state index contributed by atoms with van der Waals surface area (Å²) in [5.41, 5.74) is 0.272. The Balaban J connectivity index is 1.70. The SMILES string of the molecule is CCC1Oc2ccc(S(=O)(=O)NC(=O)CCc3cccs3)cc2NC1=O. The molecular weight excluding hydrogens is 376 g/mol. The zero-order valence-electron chi connectivity index (χ0n) is 14.0. The second kappa shape index (κ2) is 7.46. The molecule has 0 saturated carbocycles. The van der Waals surface area contributed by atoms with Crippen molar-refractivity contribution >= 4 is 38.9 Å². The van der Waals surface area contributed by atoms with Crippen LogP contribution >= 0.6 is 11.3 Å². The summed E-state index contributed by atoms with van der Waals surface area (Å²) in [5, 5.41) is 4.53. The number of fused-ring (bicyclic) bond motifs is 1. The number of carbonyl (C=O) groups is 2. The van der Waals surface area contributed by atoms with Gasteiger partial charge in [-0.15, -0.1) is 11.3 Å². The van der Waals surface area contributed by atoms with E-state index in [1.807, 2.05) is 24.4 Å². The van der Waals surface area contributed by atoms with Gasteiger partial charge in [-0.1, -0.05) is 13.0 Å². The maximum atomic E-state index is 12.4. The Labute approximate surface area is 155 Å². The first-order valence-electron chi connectivity index (χ1n) is 8.08. The van der Waals surface area contributed by atoms with Crippen molar-refractivity contribution in [2.75, 3.05) is 5.32 Å². The Hall–Kier alpha value is -2.39. The molecule has 26 heavy (non-hydrogen) atoms. The van der Waals surface area contributed by atoms with E-state index < -0.39 is 22.0 Å². The first kappa shape index (κ1) is 18.4. The second-order valence-corrected chi connectivity index (χ2v) is 8.48. The number of aryl methyl sites for hydroxylation is 1. The van der Waals surface area contributed by atoms with Crippen LogP contribution < -0.4 is 14.8 Å². The number of ether oxygens (including phenoxy) is 1. The number of anilines is 1. The maximum absolute atomic E-state index is 12.4. The molecule has 2 aromatic rings. The largest absolute Gasteiger partial charge is 0.478 e. The standard InChI is InChI=1S/C17H18N2O5S2/c1-2-14-17(21)18-13-10-12(6-7-15(13)24-14)26(22,23)19-16(20)8-5-11-4-3-9-25-11/h3-4,6-7,9-10,14H,2,5,8H2,1H3,(H,18,21)(H,19,20). The maximum Gasteiger partial charge on any atom is 0.265 e. The van der Waals surface area contributed by atoms with Gasteiger partial charge in [0.25, 0.3) is 15.9 Å². The summed E-state index contributed by atoms with van der Waals surface area (Å²) < 4.78 is 32.4. The van der Waals surface area contributed by atoms with Crippen LogP contribution in [0.1, 0.15) is 24.6 Å². The van der Waals surface area contributed by atoms with E-state index in [1.165, 1.54) is 29.5 Å². The third-order valence-corrected chi connectivity index (χ3v) is 6.19. The topological polar surface area (TPSA) is 102 Å². The molecule has 2 amide bonds. The lowest BCUT2D eigenvalue weighted by molar-refractivity contribution is -0.123. The molecule has 0 saturated heterocycles. The molecule has 0 radical (unpaired) electrons. The van der Waals surface area contributed by atoms with E-state index in [1.54, 1.807) is 0 Å². The van der Waals surface area contributed by atoms with Crippen LogP contribution in [0.15, 0.2) is 40.6 Å². The lowest BCUT2D eigenvalue weighted by Gasteiger charge is -2.25. The molecular formula is C17H18N2O5S2. The van der Waals surface area contributed by atoms with Crippen molar-refractivity contribution in [3.63, 3.8) is 0 Å². The van der Waals surface area contributed by atoms with Gasteiger partial charge in [0.2, 0.25) is 5.91 Å². The number of hydrogen-bond acceptors (Lipinski definition) is 6. The predicted molar refractivity (Wildman–Crippen MR) is 97.7 cm³/mol. The number of hydrogen-bond donors (Lipinski definition) is 2. The van der Waals surface area contributed by atoms with Crippen LogP contribution in [0.5, 0.6) is 5.75 Å². The number of carbonyl (C=O) groups excluding carboxylic acids is 2. The molecule has 7 nitrogen and oxygen atoms in total. The summed E-state index contributed by atoms with van der Waals surface area (Å²) in [4.78, 5) is 24.7. The van der Waals surface area contributed by atoms with E-state index in [4.69, 9.17) is 4.74 Å². The Kier molecular flexibility index (Phi) is 5.28. The number of sulfonamides is 1. The predicted octanol–water partition coefficient (Wildman–Crippen LogP) is 2.30. The molecule has 1 aliphatic heterocycles. The highest BCUT2D eigenvalue weighted by atomic mass is 32.2. The molecule has 9 heteroatoms. The summed E-state index contributed by atoms with van der Waals surface area (Å²) in [7, 11) is -4.02. The minimum atomic E-state index is -4.02. The van der Waals surface area contributed by atoms with Crippen molar-refractivity contribution in [3.8, 4) is 5.75 Å². The molecule has 0 spiro atoms. The monoisotopic (exact) mass is 394 g/mol. The quantitative estimate of drug-likeness (QED) is 0.783. The van der Waals surface area contributed by atoms with Gasteiger partial charge in [-0.2, -0.15) is 0 Å². The molecule has 3 rings (SSSR count). The fraction of sp³-hybridized carbons (Fsp3) is 0.294. The van der Waals surface area contributed by atoms with E-state index in [-0.39, 0.29) is 22.9 Å². The fourth-order valence-electron chi connectivity index (χ4n) is 2.52. The van der Waals surface area contributed by atoms with Crippen LogP contribution in [0.25, 0.3) is 0 Å². The lowest BCUT2D eigenvalue weighted by atomic mass is 10.2. The zero-order valence-corrected chi connectivity index (χ0v) is 15.7. The number of rotatable bonds is 6. The number of nitrogens with one attached hydrogen (secondary N) is 2. The van der Waals surface area contributed by atoms with Crippen molar-refractivity contribution in [2.24, 2.45) is 0 Å². The van der Waals surface area contributed by atoms with E-state index >= 15 is 0 Å². The third-order valence-electron chi connectivity index (χ3n) is 3.88. The third kappa shape index (κ3) is 4.05. The summed E-state index contributed by atoms with van der Waals surface area (Å²) in [6.45, 7) is 1.82. The summed E-state index contributed by atoms with van der Waals surface area (Å²) in [6, 6.07) is 7.87. The van der Waals surface area contributed by atoms with Gasteiger partial charge < -0.3 is 10.1 Å². The molecule has 2 N–H and O–H groups in total. The van der Waals surface area contributed by atoms with Gasteiger partial charge in [0, 0.05) is 11.3 Å². The Morgan fingerprint density at radius 3 is 2.85 bits per heavy atom. The Morgan fingerprint density at radius 2 is 2.15 bits per heavy atom. The molecule has 0 aliphatic carbocycles. The van der Waals surface area contributed by atoms with Gasteiger partial charge in [-0.25, -0.2) is 13.1 Å². The second-order valence-electron chi connectivity index (χ2n) is 5.77. The lowest BCUT2D eigenvalue weighted by Crippen LogP contribution is -2.36. The van der Waals surface area contributed by atoms with Crippen molar-refractivity contribution in [3.05, 3.63) is 40.6 Å². The molecule has 2 heterocycles. The van der Waals surface area contributed by atoms with Gasteiger partial charge >= 0.3 is 0 Å². The number of thiophene rings is 1. The van der Waals surface area contributed by atoms with Crippen LogP contribution in [-0.4, -0.2) is 26.3 Å². The van der Waals surface area contributed by atoms with Crippen molar-refractivity contribution < 1.29 is 22.7 Å². The Bertz CT molecular complexity index is 923. The first-order chi connectivity index (χ1) is 12.4. The molecule has 138 valence electrons. The van der Waals surface area contributed by atoms with Crippen LogP contribution in [0, 0.1) is 0 Å². The van der Waals surface area contributed by atoms with E-state index in [2.05, 4.69) is 10.0 Å². The molecule has 1 aromatic heterocycles. The molecule has 1 unspecified atom stereocenters. The van der Waals surface area contributed by atoms with Crippen molar-refractivity contribution in [2.45, 2.75) is 37.2 Å². The van der Waals surface area contributed by atoms with Gasteiger partial charge in [-0.05, 0) is 42.5 Å².